The number of anilines is 3. The molecule has 1 aromatic carbocycles. The summed E-state index contributed by atoms with van der Waals surface area (Å²) in [5, 5.41) is 3.25. The van der Waals surface area contributed by atoms with E-state index in [-0.39, 0.29) is 5.78 Å². The molecule has 8 nitrogen and oxygen atoms in total. The van der Waals surface area contributed by atoms with Crippen LogP contribution in [0.15, 0.2) is 48.7 Å². The van der Waals surface area contributed by atoms with E-state index in [4.69, 9.17) is 15.0 Å². The van der Waals surface area contributed by atoms with Crippen molar-refractivity contribution in [2.75, 3.05) is 43.4 Å². The van der Waals surface area contributed by atoms with Crippen molar-refractivity contribution in [3.63, 3.8) is 0 Å². The first-order valence-corrected chi connectivity index (χ1v) is 12.1. The van der Waals surface area contributed by atoms with E-state index in [1.54, 1.807) is 18.3 Å². The first-order valence-electron chi connectivity index (χ1n) is 12.1. The van der Waals surface area contributed by atoms with Crippen LogP contribution < -0.4 is 10.2 Å². The number of nitrogens with zero attached hydrogens (tertiary/aromatic N) is 6. The Labute approximate surface area is 200 Å². The SMILES string of the molecule is CN1CCN(c2nc(Nc3cc(C(=O)Cc4ccccc4)ccn3)nc(C3CCCC3)n2)CC1. The zero-order valence-corrected chi connectivity index (χ0v) is 19.7. The predicted octanol–water partition coefficient (Wildman–Crippen LogP) is 3.85. The Balaban J connectivity index is 1.37. The third-order valence-corrected chi connectivity index (χ3v) is 6.68. The summed E-state index contributed by atoms with van der Waals surface area (Å²) in [6.45, 7) is 3.76. The third kappa shape index (κ3) is 5.39. The van der Waals surface area contributed by atoms with Gasteiger partial charge >= 0.3 is 0 Å². The molecule has 1 aliphatic carbocycles. The summed E-state index contributed by atoms with van der Waals surface area (Å²) in [6.07, 6.45) is 6.68. The molecular formula is C26H31N7O. The second kappa shape index (κ2) is 10.3. The van der Waals surface area contributed by atoms with E-state index in [0.29, 0.717) is 29.7 Å². The Kier molecular flexibility index (Phi) is 6.76. The number of nitrogens with one attached hydrogen (secondary N) is 1. The van der Waals surface area contributed by atoms with Crippen LogP contribution in [-0.4, -0.2) is 63.8 Å². The molecule has 5 rings (SSSR count). The molecule has 0 bridgehead atoms. The summed E-state index contributed by atoms with van der Waals surface area (Å²) in [5.74, 6) is 3.07. The molecule has 0 amide bonds. The van der Waals surface area contributed by atoms with Crippen LogP contribution in [0.3, 0.4) is 0 Å². The number of carbonyl (C=O) groups excluding carboxylic acids is 1. The van der Waals surface area contributed by atoms with E-state index in [9.17, 15) is 4.79 Å². The molecule has 176 valence electrons. The van der Waals surface area contributed by atoms with Gasteiger partial charge in [-0.05, 0) is 37.6 Å². The van der Waals surface area contributed by atoms with Gasteiger partial charge in [0.15, 0.2) is 5.78 Å². The third-order valence-electron chi connectivity index (χ3n) is 6.68. The quantitative estimate of drug-likeness (QED) is 0.536. The lowest BCUT2D eigenvalue weighted by Crippen LogP contribution is -2.45. The van der Waals surface area contributed by atoms with Crippen LogP contribution in [0, 0.1) is 0 Å². The summed E-state index contributed by atoms with van der Waals surface area (Å²) in [6, 6.07) is 13.3. The van der Waals surface area contributed by atoms with Crippen LogP contribution in [0.25, 0.3) is 0 Å². The summed E-state index contributed by atoms with van der Waals surface area (Å²) in [5.41, 5.74) is 1.61. The molecule has 1 saturated heterocycles. The Bertz CT molecular complexity index is 1120. The first-order chi connectivity index (χ1) is 16.6. The van der Waals surface area contributed by atoms with Gasteiger partial charge in [-0.3, -0.25) is 4.79 Å². The lowest BCUT2D eigenvalue weighted by Gasteiger charge is -2.32. The van der Waals surface area contributed by atoms with E-state index < -0.39 is 0 Å². The van der Waals surface area contributed by atoms with Gasteiger partial charge in [-0.15, -0.1) is 0 Å². The Hall–Kier alpha value is -3.39. The highest BCUT2D eigenvalue weighted by Crippen LogP contribution is 2.33. The summed E-state index contributed by atoms with van der Waals surface area (Å²) in [4.78, 5) is 36.2. The smallest absolute Gasteiger partial charge is 0.233 e. The van der Waals surface area contributed by atoms with Crippen LogP contribution >= 0.6 is 0 Å². The molecule has 1 aliphatic heterocycles. The number of rotatable bonds is 7. The number of carbonyl (C=O) groups is 1. The van der Waals surface area contributed by atoms with Crippen LogP contribution in [0.4, 0.5) is 17.7 Å². The molecule has 0 atom stereocenters. The summed E-state index contributed by atoms with van der Waals surface area (Å²) >= 11 is 0. The Morgan fingerprint density at radius 3 is 2.53 bits per heavy atom. The van der Waals surface area contributed by atoms with Gasteiger partial charge in [0.1, 0.15) is 11.6 Å². The van der Waals surface area contributed by atoms with Gasteiger partial charge < -0.3 is 15.1 Å². The summed E-state index contributed by atoms with van der Waals surface area (Å²) in [7, 11) is 2.14. The van der Waals surface area contributed by atoms with Crippen molar-refractivity contribution in [1.82, 2.24) is 24.8 Å². The van der Waals surface area contributed by atoms with Crippen molar-refractivity contribution in [3.8, 4) is 0 Å². The highest BCUT2D eigenvalue weighted by atomic mass is 16.1. The molecule has 0 spiro atoms. The molecule has 2 aromatic heterocycles. The zero-order valence-electron chi connectivity index (χ0n) is 19.7. The normalized spacial score (nSPS) is 17.1. The number of piperazine rings is 1. The van der Waals surface area contributed by atoms with Gasteiger partial charge in [0.05, 0.1) is 0 Å². The van der Waals surface area contributed by atoms with E-state index in [0.717, 1.165) is 56.4 Å². The second-order valence-corrected chi connectivity index (χ2v) is 9.23. The maximum atomic E-state index is 12.8. The van der Waals surface area contributed by atoms with E-state index in [1.807, 2.05) is 30.3 Å². The minimum Gasteiger partial charge on any atom is -0.338 e. The molecule has 1 N–H and O–H groups in total. The minimum absolute atomic E-state index is 0.0528. The fourth-order valence-corrected chi connectivity index (χ4v) is 4.62. The fourth-order valence-electron chi connectivity index (χ4n) is 4.62. The van der Waals surface area contributed by atoms with Crippen LogP contribution in [-0.2, 0) is 6.42 Å². The largest absolute Gasteiger partial charge is 0.338 e. The Morgan fingerprint density at radius 1 is 1.00 bits per heavy atom. The van der Waals surface area contributed by atoms with E-state index in [2.05, 4.69) is 27.1 Å². The number of likely N-dealkylation sites (N-methyl/N-ethyl adjacent to an activating group) is 1. The maximum absolute atomic E-state index is 12.8. The minimum atomic E-state index is 0.0528. The first kappa shape index (κ1) is 22.4. The van der Waals surface area contributed by atoms with Crippen molar-refractivity contribution in [2.24, 2.45) is 0 Å². The average Bonchev–Trinajstić information content (AvgIpc) is 3.40. The molecule has 3 heterocycles. The van der Waals surface area contributed by atoms with Gasteiger partial charge in [0.25, 0.3) is 0 Å². The van der Waals surface area contributed by atoms with Gasteiger partial charge in [0.2, 0.25) is 11.9 Å². The zero-order chi connectivity index (χ0) is 23.3. The number of aromatic nitrogens is 4. The number of Topliss-reactive ketones (excluding diaryl/α,β-unsaturated/α-hetero) is 1. The molecule has 1 saturated carbocycles. The molecule has 0 unspecified atom stereocenters. The van der Waals surface area contributed by atoms with Crippen molar-refractivity contribution < 1.29 is 4.79 Å². The van der Waals surface area contributed by atoms with Crippen molar-refractivity contribution in [2.45, 2.75) is 38.0 Å². The highest BCUT2D eigenvalue weighted by molar-refractivity contribution is 5.98. The number of benzene rings is 1. The molecule has 2 aliphatic rings. The second-order valence-electron chi connectivity index (χ2n) is 9.23. The molecule has 8 heteroatoms. The Morgan fingerprint density at radius 2 is 1.76 bits per heavy atom. The highest BCUT2D eigenvalue weighted by Gasteiger charge is 2.24. The van der Waals surface area contributed by atoms with Gasteiger partial charge in [0, 0.05) is 50.3 Å². The van der Waals surface area contributed by atoms with Crippen molar-refractivity contribution >= 4 is 23.5 Å². The summed E-state index contributed by atoms with van der Waals surface area (Å²) < 4.78 is 0. The standard InChI is InChI=1S/C26H31N7O/c1-32-13-15-33(16-14-32)26-30-24(20-9-5-6-10-20)29-25(31-26)28-23-18-21(11-12-27-23)22(34)17-19-7-3-2-4-8-19/h2-4,7-8,11-12,18,20H,5-6,9-10,13-17H2,1H3,(H,27,28,29,30,31). The fraction of sp³-hybridized carbons (Fsp3) is 0.423. The van der Waals surface area contributed by atoms with Crippen molar-refractivity contribution in [3.05, 3.63) is 65.6 Å². The van der Waals surface area contributed by atoms with Crippen LogP contribution in [0.5, 0.6) is 0 Å². The van der Waals surface area contributed by atoms with Gasteiger partial charge in [-0.1, -0.05) is 43.2 Å². The van der Waals surface area contributed by atoms with Gasteiger partial charge in [-0.25, -0.2) is 4.98 Å². The van der Waals surface area contributed by atoms with Crippen LogP contribution in [0.1, 0.15) is 53.3 Å². The number of pyridine rings is 1. The van der Waals surface area contributed by atoms with E-state index >= 15 is 0 Å². The molecular weight excluding hydrogens is 426 g/mol. The lowest BCUT2D eigenvalue weighted by molar-refractivity contribution is 0.0993. The topological polar surface area (TPSA) is 87.1 Å². The molecule has 2 fully saturated rings. The lowest BCUT2D eigenvalue weighted by atomic mass is 10.0. The molecule has 3 aromatic rings. The molecule has 34 heavy (non-hydrogen) atoms. The average molecular weight is 458 g/mol. The number of hydrogen-bond acceptors (Lipinski definition) is 8. The predicted molar refractivity (Wildman–Crippen MR) is 133 cm³/mol. The van der Waals surface area contributed by atoms with Gasteiger partial charge in [-0.2, -0.15) is 15.0 Å². The number of hydrogen-bond donors (Lipinski definition) is 1. The van der Waals surface area contributed by atoms with E-state index in [1.165, 1.54) is 12.8 Å². The molecule has 0 radical (unpaired) electrons. The number of ketones is 1. The van der Waals surface area contributed by atoms with Crippen LogP contribution in [0.2, 0.25) is 0 Å². The monoisotopic (exact) mass is 457 g/mol. The van der Waals surface area contributed by atoms with Crippen molar-refractivity contribution in [1.29, 1.82) is 0 Å². The maximum Gasteiger partial charge on any atom is 0.233 e.